The summed E-state index contributed by atoms with van der Waals surface area (Å²) in [7, 11) is -4.15. The second kappa shape index (κ2) is 5.55. The van der Waals surface area contributed by atoms with Gasteiger partial charge in [0, 0.05) is 4.47 Å². The molecule has 2 aromatic rings. The summed E-state index contributed by atoms with van der Waals surface area (Å²) in [6.45, 7) is 1.44. The maximum Gasteiger partial charge on any atom is 0.273 e. The molecule has 0 aliphatic heterocycles. The van der Waals surface area contributed by atoms with Crippen LogP contribution in [0.4, 0.5) is 14.5 Å². The highest BCUT2D eigenvalue weighted by atomic mass is 79.9. The summed E-state index contributed by atoms with van der Waals surface area (Å²) in [5, 5.41) is 0. The van der Waals surface area contributed by atoms with Crippen LogP contribution in [-0.2, 0) is 10.0 Å². The van der Waals surface area contributed by atoms with Crippen LogP contribution < -0.4 is 4.72 Å². The fraction of sp³-hybridized carbons (Fsp3) is 0.100. The average Bonchev–Trinajstić information content (AvgIpc) is 2.64. The van der Waals surface area contributed by atoms with Crippen LogP contribution in [0.1, 0.15) is 5.69 Å². The summed E-state index contributed by atoms with van der Waals surface area (Å²) in [4.78, 5) is 3.75. The van der Waals surface area contributed by atoms with Gasteiger partial charge in [-0.2, -0.15) is 0 Å². The first-order valence-electron chi connectivity index (χ1n) is 5.01. The van der Waals surface area contributed by atoms with Crippen molar-refractivity contribution in [1.29, 1.82) is 0 Å². The molecule has 0 amide bonds. The molecule has 0 saturated heterocycles. The first kappa shape index (κ1) is 15.6. The SMILES string of the molecule is Cc1nc(Cl)sc1S(=O)(=O)Nc1c(F)cc(Br)cc1F. The summed E-state index contributed by atoms with van der Waals surface area (Å²) in [6.07, 6.45) is 0. The van der Waals surface area contributed by atoms with E-state index in [9.17, 15) is 17.2 Å². The van der Waals surface area contributed by atoms with Gasteiger partial charge in [0.1, 0.15) is 5.69 Å². The van der Waals surface area contributed by atoms with Gasteiger partial charge in [0.2, 0.25) is 0 Å². The predicted octanol–water partition coefficient (Wildman–Crippen LogP) is 3.95. The number of aryl methyl sites for hydroxylation is 1. The zero-order valence-corrected chi connectivity index (χ0v) is 13.7. The summed E-state index contributed by atoms with van der Waals surface area (Å²) in [6, 6.07) is 1.90. The van der Waals surface area contributed by atoms with Crippen LogP contribution in [0.3, 0.4) is 0 Å². The summed E-state index contributed by atoms with van der Waals surface area (Å²) >= 11 is 9.23. The van der Waals surface area contributed by atoms with Crippen molar-refractivity contribution in [2.45, 2.75) is 11.1 Å². The Morgan fingerprint density at radius 1 is 1.35 bits per heavy atom. The summed E-state index contributed by atoms with van der Waals surface area (Å²) in [5.74, 6) is -2.07. The van der Waals surface area contributed by atoms with E-state index in [0.29, 0.717) is 11.3 Å². The topological polar surface area (TPSA) is 59.1 Å². The van der Waals surface area contributed by atoms with E-state index in [0.717, 1.165) is 12.1 Å². The van der Waals surface area contributed by atoms with Gasteiger partial charge >= 0.3 is 0 Å². The lowest BCUT2D eigenvalue weighted by molar-refractivity contribution is 0.582. The highest BCUT2D eigenvalue weighted by Crippen LogP contribution is 2.30. The van der Waals surface area contributed by atoms with E-state index in [1.807, 2.05) is 4.72 Å². The monoisotopic (exact) mass is 402 g/mol. The maximum atomic E-state index is 13.6. The first-order valence-corrected chi connectivity index (χ1v) is 8.48. The largest absolute Gasteiger partial charge is 0.273 e. The van der Waals surface area contributed by atoms with Gasteiger partial charge in [0.05, 0.1) is 5.69 Å². The van der Waals surface area contributed by atoms with Gasteiger partial charge in [-0.15, -0.1) is 0 Å². The van der Waals surface area contributed by atoms with Crippen LogP contribution in [0.5, 0.6) is 0 Å². The molecule has 2 rings (SSSR count). The number of sulfonamides is 1. The molecule has 1 N–H and O–H groups in total. The maximum absolute atomic E-state index is 13.6. The average molecular weight is 404 g/mol. The Balaban J connectivity index is 2.46. The van der Waals surface area contributed by atoms with Crippen molar-refractivity contribution in [1.82, 2.24) is 4.98 Å². The third kappa shape index (κ3) is 3.11. The number of hydrogen-bond acceptors (Lipinski definition) is 4. The molecule has 4 nitrogen and oxygen atoms in total. The number of benzene rings is 1. The molecular formula is C10H6BrClF2N2O2S2. The molecule has 0 aliphatic carbocycles. The summed E-state index contributed by atoms with van der Waals surface area (Å²) < 4.78 is 53.3. The quantitative estimate of drug-likeness (QED) is 0.844. The number of rotatable bonds is 3. The van der Waals surface area contributed by atoms with Crippen LogP contribution in [0.2, 0.25) is 4.47 Å². The Morgan fingerprint density at radius 3 is 2.35 bits per heavy atom. The number of thiazole rings is 1. The Labute approximate surface area is 131 Å². The van der Waals surface area contributed by atoms with E-state index in [2.05, 4.69) is 20.9 Å². The van der Waals surface area contributed by atoms with E-state index in [4.69, 9.17) is 11.6 Å². The van der Waals surface area contributed by atoms with E-state index < -0.39 is 27.3 Å². The van der Waals surface area contributed by atoms with Crippen LogP contribution in [-0.4, -0.2) is 13.4 Å². The lowest BCUT2D eigenvalue weighted by Gasteiger charge is -2.09. The Hall–Kier alpha value is -0.770. The van der Waals surface area contributed by atoms with E-state index in [-0.39, 0.29) is 18.8 Å². The molecule has 0 aliphatic rings. The zero-order valence-electron chi connectivity index (χ0n) is 9.75. The van der Waals surface area contributed by atoms with Crippen LogP contribution in [0, 0.1) is 18.6 Å². The van der Waals surface area contributed by atoms with Crippen LogP contribution in [0.25, 0.3) is 0 Å². The molecule has 1 heterocycles. The molecular weight excluding hydrogens is 398 g/mol. The van der Waals surface area contributed by atoms with Crippen molar-refractivity contribution in [3.63, 3.8) is 0 Å². The molecule has 10 heteroatoms. The number of anilines is 1. The smallest absolute Gasteiger partial charge is 0.273 e. The van der Waals surface area contributed by atoms with Gasteiger partial charge in [-0.25, -0.2) is 22.2 Å². The highest BCUT2D eigenvalue weighted by Gasteiger charge is 2.24. The van der Waals surface area contributed by atoms with Crippen molar-refractivity contribution in [2.75, 3.05) is 4.72 Å². The standard InChI is InChI=1S/C10H6BrClF2N2O2S2/c1-4-9(19-10(12)15-4)20(17,18)16-8-6(13)2-5(11)3-7(8)14/h2-3,16H,1H3. The van der Waals surface area contributed by atoms with Crippen molar-refractivity contribution in [2.24, 2.45) is 0 Å². The number of hydrogen-bond donors (Lipinski definition) is 1. The zero-order chi connectivity index (χ0) is 15.1. The lowest BCUT2D eigenvalue weighted by Crippen LogP contribution is -2.15. The van der Waals surface area contributed by atoms with Crippen LogP contribution >= 0.6 is 38.9 Å². The minimum atomic E-state index is -4.15. The molecule has 0 spiro atoms. The Kier molecular flexibility index (Phi) is 4.33. The van der Waals surface area contributed by atoms with Crippen molar-refractivity contribution < 1.29 is 17.2 Å². The Bertz CT molecular complexity index is 757. The van der Waals surface area contributed by atoms with Gasteiger partial charge in [-0.05, 0) is 19.1 Å². The molecule has 20 heavy (non-hydrogen) atoms. The fourth-order valence-corrected chi connectivity index (χ4v) is 4.64. The van der Waals surface area contributed by atoms with E-state index in [1.165, 1.54) is 6.92 Å². The predicted molar refractivity (Wildman–Crippen MR) is 76.7 cm³/mol. The minimum absolute atomic E-state index is 0.0274. The third-order valence-corrected chi connectivity index (χ3v) is 5.89. The van der Waals surface area contributed by atoms with Crippen molar-refractivity contribution in [3.8, 4) is 0 Å². The Morgan fingerprint density at radius 2 is 1.90 bits per heavy atom. The van der Waals surface area contributed by atoms with Crippen molar-refractivity contribution in [3.05, 3.63) is 38.4 Å². The molecule has 0 atom stereocenters. The van der Waals surface area contributed by atoms with E-state index in [1.54, 1.807) is 0 Å². The van der Waals surface area contributed by atoms with E-state index >= 15 is 0 Å². The second-order valence-electron chi connectivity index (χ2n) is 3.69. The van der Waals surface area contributed by atoms with Crippen molar-refractivity contribution >= 4 is 54.6 Å². The number of aromatic nitrogens is 1. The fourth-order valence-electron chi connectivity index (χ4n) is 1.42. The molecule has 0 unspecified atom stereocenters. The third-order valence-electron chi connectivity index (χ3n) is 2.22. The number of halogens is 4. The van der Waals surface area contributed by atoms with Crippen LogP contribution in [0.15, 0.2) is 20.8 Å². The van der Waals surface area contributed by atoms with Gasteiger partial charge in [-0.3, -0.25) is 4.72 Å². The first-order chi connectivity index (χ1) is 9.20. The number of nitrogens with one attached hydrogen (secondary N) is 1. The molecule has 0 radical (unpaired) electrons. The summed E-state index contributed by atoms with van der Waals surface area (Å²) in [5.41, 5.74) is -0.595. The van der Waals surface area contributed by atoms with Gasteiger partial charge in [0.15, 0.2) is 20.3 Å². The second-order valence-corrected chi connectivity index (χ2v) is 8.06. The number of nitrogens with zero attached hydrogens (tertiary/aromatic N) is 1. The van der Waals surface area contributed by atoms with Gasteiger partial charge in [0.25, 0.3) is 10.0 Å². The molecule has 0 saturated carbocycles. The van der Waals surface area contributed by atoms with Gasteiger partial charge < -0.3 is 0 Å². The minimum Gasteiger partial charge on any atom is -0.273 e. The molecule has 0 fully saturated rings. The molecule has 1 aromatic heterocycles. The molecule has 0 bridgehead atoms. The normalized spacial score (nSPS) is 11.7. The highest BCUT2D eigenvalue weighted by molar-refractivity contribution is 9.10. The van der Waals surface area contributed by atoms with Gasteiger partial charge in [-0.1, -0.05) is 38.9 Å². The molecule has 1 aromatic carbocycles. The molecule has 108 valence electrons. The lowest BCUT2D eigenvalue weighted by atomic mass is 10.3.